The number of anilines is 1. The van der Waals surface area contributed by atoms with E-state index in [4.69, 9.17) is 0 Å². The third kappa shape index (κ3) is 6.50. The van der Waals surface area contributed by atoms with Gasteiger partial charge in [-0.25, -0.2) is 0 Å². The minimum Gasteiger partial charge on any atom is -0.350 e. The number of ketones is 1. The van der Waals surface area contributed by atoms with Gasteiger partial charge in [0.2, 0.25) is 11.8 Å². The van der Waals surface area contributed by atoms with Crippen LogP contribution in [0.2, 0.25) is 0 Å². The second kappa shape index (κ2) is 8.06. The van der Waals surface area contributed by atoms with E-state index in [1.807, 2.05) is 20.8 Å². The van der Waals surface area contributed by atoms with Crippen molar-refractivity contribution < 1.29 is 14.4 Å². The zero-order valence-electron chi connectivity index (χ0n) is 15.3. The summed E-state index contributed by atoms with van der Waals surface area (Å²) >= 11 is 0. The van der Waals surface area contributed by atoms with Crippen molar-refractivity contribution in [3.63, 3.8) is 0 Å². The standard InChI is InChI=1S/C18H27N3O3/c1-12(21(6)11-16(23)20-18(3,4)5)17(24)19-15-9-7-8-14(10-15)13(2)22/h7-10,12H,11H2,1-6H3,(H,19,24)(H,20,23)/t12-/m0/s1. The fraction of sp³-hybridized carbons (Fsp3) is 0.500. The monoisotopic (exact) mass is 333 g/mol. The summed E-state index contributed by atoms with van der Waals surface area (Å²) < 4.78 is 0. The van der Waals surface area contributed by atoms with E-state index in [0.29, 0.717) is 11.3 Å². The molecule has 0 radical (unpaired) electrons. The quantitative estimate of drug-likeness (QED) is 0.781. The zero-order chi connectivity index (χ0) is 18.5. The molecule has 2 amide bonds. The van der Waals surface area contributed by atoms with E-state index in [0.717, 1.165) is 0 Å². The van der Waals surface area contributed by atoms with Crippen LogP contribution in [0.5, 0.6) is 0 Å². The topological polar surface area (TPSA) is 78.5 Å². The molecule has 0 aliphatic heterocycles. The number of likely N-dealkylation sites (N-methyl/N-ethyl adjacent to an activating group) is 1. The fourth-order valence-corrected chi connectivity index (χ4v) is 2.08. The van der Waals surface area contributed by atoms with Crippen LogP contribution in [0.1, 0.15) is 45.0 Å². The largest absolute Gasteiger partial charge is 0.350 e. The molecule has 1 aromatic carbocycles. The van der Waals surface area contributed by atoms with Crippen molar-refractivity contribution in [1.82, 2.24) is 10.2 Å². The van der Waals surface area contributed by atoms with E-state index in [-0.39, 0.29) is 29.7 Å². The first kappa shape index (κ1) is 19.8. The molecule has 24 heavy (non-hydrogen) atoms. The van der Waals surface area contributed by atoms with Crippen LogP contribution in [0.3, 0.4) is 0 Å². The predicted molar refractivity (Wildman–Crippen MR) is 95.1 cm³/mol. The minimum absolute atomic E-state index is 0.0601. The first-order valence-corrected chi connectivity index (χ1v) is 7.92. The van der Waals surface area contributed by atoms with Gasteiger partial charge in [0.05, 0.1) is 12.6 Å². The van der Waals surface area contributed by atoms with Gasteiger partial charge in [-0.1, -0.05) is 12.1 Å². The number of amides is 2. The van der Waals surface area contributed by atoms with Gasteiger partial charge in [-0.15, -0.1) is 0 Å². The summed E-state index contributed by atoms with van der Waals surface area (Å²) in [6.07, 6.45) is 0. The molecule has 0 aromatic heterocycles. The lowest BCUT2D eigenvalue weighted by Gasteiger charge is -2.26. The SMILES string of the molecule is CC(=O)c1cccc(NC(=O)[C@H](C)N(C)CC(=O)NC(C)(C)C)c1. The summed E-state index contributed by atoms with van der Waals surface area (Å²) in [6.45, 7) is 9.05. The van der Waals surface area contributed by atoms with Crippen LogP contribution in [0.25, 0.3) is 0 Å². The number of hydrogen-bond donors (Lipinski definition) is 2. The van der Waals surface area contributed by atoms with Gasteiger partial charge in [-0.05, 0) is 53.8 Å². The zero-order valence-corrected chi connectivity index (χ0v) is 15.3. The van der Waals surface area contributed by atoms with E-state index in [1.54, 1.807) is 43.1 Å². The van der Waals surface area contributed by atoms with Crippen LogP contribution in [0.4, 0.5) is 5.69 Å². The second-order valence-corrected chi connectivity index (χ2v) is 7.02. The molecule has 1 atom stereocenters. The smallest absolute Gasteiger partial charge is 0.241 e. The Morgan fingerprint density at radius 3 is 2.38 bits per heavy atom. The van der Waals surface area contributed by atoms with Crippen molar-refractivity contribution in [2.24, 2.45) is 0 Å². The van der Waals surface area contributed by atoms with Crippen molar-refractivity contribution in [1.29, 1.82) is 0 Å². The average molecular weight is 333 g/mol. The molecular formula is C18H27N3O3. The van der Waals surface area contributed by atoms with Gasteiger partial charge in [0.1, 0.15) is 0 Å². The van der Waals surface area contributed by atoms with Crippen molar-refractivity contribution in [3.05, 3.63) is 29.8 Å². The van der Waals surface area contributed by atoms with Crippen LogP contribution in [-0.4, -0.2) is 47.7 Å². The molecule has 0 saturated heterocycles. The van der Waals surface area contributed by atoms with Crippen LogP contribution < -0.4 is 10.6 Å². The Labute approximate surface area is 143 Å². The number of rotatable bonds is 6. The minimum atomic E-state index is -0.489. The lowest BCUT2D eigenvalue weighted by molar-refractivity contribution is -0.125. The van der Waals surface area contributed by atoms with Crippen molar-refractivity contribution in [2.45, 2.75) is 46.2 Å². The Balaban J connectivity index is 2.65. The molecule has 6 heteroatoms. The predicted octanol–water partition coefficient (Wildman–Crippen LogP) is 2.06. The second-order valence-electron chi connectivity index (χ2n) is 7.02. The summed E-state index contributed by atoms with van der Waals surface area (Å²) in [6, 6.07) is 6.29. The number of nitrogens with zero attached hydrogens (tertiary/aromatic N) is 1. The Morgan fingerprint density at radius 1 is 1.21 bits per heavy atom. The summed E-state index contributed by atoms with van der Waals surface area (Å²) in [4.78, 5) is 37.4. The number of carbonyl (C=O) groups excluding carboxylic acids is 3. The molecule has 0 aliphatic carbocycles. The average Bonchev–Trinajstić information content (AvgIpc) is 2.44. The van der Waals surface area contributed by atoms with E-state index in [1.165, 1.54) is 6.92 Å². The van der Waals surface area contributed by atoms with Crippen LogP contribution >= 0.6 is 0 Å². The first-order valence-electron chi connectivity index (χ1n) is 7.92. The molecule has 0 heterocycles. The molecule has 1 rings (SSSR count). The Kier molecular flexibility index (Phi) is 6.66. The Bertz CT molecular complexity index is 620. The maximum absolute atomic E-state index is 12.3. The number of benzene rings is 1. The molecule has 0 aliphatic rings. The van der Waals surface area contributed by atoms with Crippen molar-refractivity contribution in [2.75, 3.05) is 18.9 Å². The van der Waals surface area contributed by atoms with Crippen molar-refractivity contribution >= 4 is 23.3 Å². The molecule has 1 aromatic rings. The Morgan fingerprint density at radius 2 is 1.83 bits per heavy atom. The van der Waals surface area contributed by atoms with Crippen molar-refractivity contribution in [3.8, 4) is 0 Å². The lowest BCUT2D eigenvalue weighted by atomic mass is 10.1. The van der Waals surface area contributed by atoms with Crippen LogP contribution in [0.15, 0.2) is 24.3 Å². The highest BCUT2D eigenvalue weighted by Crippen LogP contribution is 2.12. The highest BCUT2D eigenvalue weighted by Gasteiger charge is 2.22. The van der Waals surface area contributed by atoms with Gasteiger partial charge in [0.15, 0.2) is 5.78 Å². The summed E-state index contributed by atoms with van der Waals surface area (Å²) in [5.41, 5.74) is 0.793. The summed E-state index contributed by atoms with van der Waals surface area (Å²) in [5.74, 6) is -0.430. The molecule has 0 spiro atoms. The first-order chi connectivity index (χ1) is 11.0. The number of carbonyl (C=O) groups is 3. The van der Waals surface area contributed by atoms with Crippen LogP contribution in [0, 0.1) is 0 Å². The van der Waals surface area contributed by atoms with E-state index in [9.17, 15) is 14.4 Å². The van der Waals surface area contributed by atoms with Gasteiger partial charge in [-0.3, -0.25) is 19.3 Å². The number of nitrogens with one attached hydrogen (secondary N) is 2. The molecule has 0 unspecified atom stereocenters. The third-order valence-corrected chi connectivity index (χ3v) is 3.48. The summed E-state index contributed by atoms with van der Waals surface area (Å²) in [7, 11) is 1.72. The van der Waals surface area contributed by atoms with E-state index in [2.05, 4.69) is 10.6 Å². The van der Waals surface area contributed by atoms with Gasteiger partial charge in [-0.2, -0.15) is 0 Å². The Hall–Kier alpha value is -2.21. The summed E-state index contributed by atoms with van der Waals surface area (Å²) in [5, 5.41) is 5.64. The highest BCUT2D eigenvalue weighted by molar-refractivity contribution is 5.98. The lowest BCUT2D eigenvalue weighted by Crippen LogP contribution is -2.49. The normalized spacial score (nSPS) is 12.6. The highest BCUT2D eigenvalue weighted by atomic mass is 16.2. The maximum Gasteiger partial charge on any atom is 0.241 e. The van der Waals surface area contributed by atoms with Crippen LogP contribution in [-0.2, 0) is 9.59 Å². The van der Waals surface area contributed by atoms with Gasteiger partial charge >= 0.3 is 0 Å². The molecule has 0 fully saturated rings. The number of Topliss-reactive ketones (excluding diaryl/α,β-unsaturated/α-hetero) is 1. The molecule has 6 nitrogen and oxygen atoms in total. The molecule has 2 N–H and O–H groups in total. The molecular weight excluding hydrogens is 306 g/mol. The molecule has 0 bridgehead atoms. The van der Waals surface area contributed by atoms with Gasteiger partial charge in [0.25, 0.3) is 0 Å². The molecule has 0 saturated carbocycles. The third-order valence-electron chi connectivity index (χ3n) is 3.48. The van der Waals surface area contributed by atoms with E-state index < -0.39 is 6.04 Å². The molecule has 132 valence electrons. The van der Waals surface area contributed by atoms with E-state index >= 15 is 0 Å². The maximum atomic E-state index is 12.3. The number of hydrogen-bond acceptors (Lipinski definition) is 4. The van der Waals surface area contributed by atoms with Gasteiger partial charge in [0, 0.05) is 16.8 Å². The van der Waals surface area contributed by atoms with Gasteiger partial charge < -0.3 is 10.6 Å². The fourth-order valence-electron chi connectivity index (χ4n) is 2.08.